The van der Waals surface area contributed by atoms with E-state index in [2.05, 4.69) is 9.97 Å². The van der Waals surface area contributed by atoms with Gasteiger partial charge in [0.1, 0.15) is 5.82 Å². The first kappa shape index (κ1) is 8.17. The van der Waals surface area contributed by atoms with Gasteiger partial charge in [0.25, 0.3) is 5.56 Å². The summed E-state index contributed by atoms with van der Waals surface area (Å²) in [6, 6.07) is 0. The van der Waals surface area contributed by atoms with Gasteiger partial charge in [-0.3, -0.25) is 4.79 Å². The van der Waals surface area contributed by atoms with Crippen LogP contribution in [0.15, 0.2) is 4.79 Å². The number of fused-ring (bicyclic) bond motifs is 1. The number of aryl methyl sites for hydroxylation is 1. The highest BCUT2D eigenvalue weighted by molar-refractivity contribution is 5.26. The zero-order valence-corrected chi connectivity index (χ0v) is 7.97. The van der Waals surface area contributed by atoms with E-state index in [9.17, 15) is 4.79 Å². The van der Waals surface area contributed by atoms with Crippen molar-refractivity contribution in [3.63, 3.8) is 0 Å². The van der Waals surface area contributed by atoms with Crippen molar-refractivity contribution in [3.05, 3.63) is 27.4 Å². The van der Waals surface area contributed by atoms with Crippen LogP contribution in [-0.2, 0) is 18.4 Å². The van der Waals surface area contributed by atoms with E-state index in [1.54, 1.807) is 0 Å². The minimum atomic E-state index is -0.323. The Hall–Kier alpha value is -1.16. The minimum Gasteiger partial charge on any atom is -0.319 e. The Labute approximate surface area is 81.6 Å². The fourth-order valence-electron chi connectivity index (χ4n) is 2.05. The lowest BCUT2D eigenvalue weighted by Crippen LogP contribution is -2.27. The third-order valence-corrected chi connectivity index (χ3v) is 3.20. The molecule has 4 heteroatoms. The predicted octanol–water partition coefficient (Wildman–Crippen LogP) is 0.206. The van der Waals surface area contributed by atoms with E-state index < -0.39 is 0 Å². The van der Waals surface area contributed by atoms with Crippen molar-refractivity contribution < 1.29 is 0 Å². The van der Waals surface area contributed by atoms with Crippen LogP contribution in [0.5, 0.6) is 0 Å². The number of H-pyrrole nitrogens is 1. The average Bonchev–Trinajstić information content (AvgIpc) is 2.75. The highest BCUT2D eigenvalue weighted by Gasteiger charge is 2.43. The van der Waals surface area contributed by atoms with Gasteiger partial charge in [0.2, 0.25) is 0 Å². The van der Waals surface area contributed by atoms with E-state index in [1.165, 1.54) is 0 Å². The molecule has 1 heterocycles. The van der Waals surface area contributed by atoms with Crippen molar-refractivity contribution in [1.29, 1.82) is 0 Å². The Morgan fingerprint density at radius 1 is 1.36 bits per heavy atom. The first-order valence-corrected chi connectivity index (χ1v) is 5.10. The first-order chi connectivity index (χ1) is 6.69. The van der Waals surface area contributed by atoms with Crippen LogP contribution in [0.2, 0.25) is 0 Å². The molecule has 2 aliphatic carbocycles. The van der Waals surface area contributed by atoms with Gasteiger partial charge in [0.05, 0.1) is 11.2 Å². The van der Waals surface area contributed by atoms with Gasteiger partial charge in [-0.25, -0.2) is 4.98 Å². The van der Waals surface area contributed by atoms with Gasteiger partial charge < -0.3 is 10.7 Å². The van der Waals surface area contributed by atoms with Crippen molar-refractivity contribution in [3.8, 4) is 0 Å². The molecule has 0 amide bonds. The van der Waals surface area contributed by atoms with Crippen LogP contribution in [-0.4, -0.2) is 9.97 Å². The number of hydrogen-bond donors (Lipinski definition) is 2. The molecule has 1 aromatic heterocycles. The number of hydrogen-bond acceptors (Lipinski definition) is 3. The van der Waals surface area contributed by atoms with Crippen molar-refractivity contribution >= 4 is 0 Å². The van der Waals surface area contributed by atoms with E-state index in [1.807, 2.05) is 0 Å². The van der Waals surface area contributed by atoms with Gasteiger partial charge in [0.15, 0.2) is 0 Å². The van der Waals surface area contributed by atoms with Crippen molar-refractivity contribution in [2.24, 2.45) is 5.73 Å². The van der Waals surface area contributed by atoms with Crippen molar-refractivity contribution in [1.82, 2.24) is 9.97 Å². The maximum atomic E-state index is 11.7. The average molecular weight is 191 g/mol. The lowest BCUT2D eigenvalue weighted by atomic mass is 10.2. The second-order valence-corrected chi connectivity index (χ2v) is 4.35. The van der Waals surface area contributed by atoms with E-state index in [-0.39, 0.29) is 11.1 Å². The van der Waals surface area contributed by atoms with E-state index in [0.717, 1.165) is 43.4 Å². The zero-order chi connectivity index (χ0) is 9.76. The number of nitrogens with two attached hydrogens (primary N) is 1. The number of nitrogens with one attached hydrogen (secondary N) is 1. The number of nitrogens with zero attached hydrogens (tertiary/aromatic N) is 1. The summed E-state index contributed by atoms with van der Waals surface area (Å²) in [5.74, 6) is 0.697. The summed E-state index contributed by atoms with van der Waals surface area (Å²) in [5.41, 5.74) is 7.55. The molecule has 0 radical (unpaired) electrons. The Kier molecular flexibility index (Phi) is 1.43. The van der Waals surface area contributed by atoms with Gasteiger partial charge in [-0.2, -0.15) is 0 Å². The van der Waals surface area contributed by atoms with Crippen molar-refractivity contribution in [2.75, 3.05) is 0 Å². The van der Waals surface area contributed by atoms with Crippen LogP contribution in [0.4, 0.5) is 0 Å². The normalized spacial score (nSPS) is 22.1. The topological polar surface area (TPSA) is 71.8 Å². The summed E-state index contributed by atoms with van der Waals surface area (Å²) in [6.45, 7) is 0. The van der Waals surface area contributed by atoms with Gasteiger partial charge in [-0.15, -0.1) is 0 Å². The second kappa shape index (κ2) is 2.45. The quantitative estimate of drug-likeness (QED) is 0.666. The summed E-state index contributed by atoms with van der Waals surface area (Å²) in [5, 5.41) is 0. The Balaban J connectivity index is 2.17. The molecule has 4 nitrogen and oxygen atoms in total. The summed E-state index contributed by atoms with van der Waals surface area (Å²) in [7, 11) is 0. The summed E-state index contributed by atoms with van der Waals surface area (Å²) < 4.78 is 0. The number of aromatic nitrogens is 2. The Morgan fingerprint density at radius 3 is 2.86 bits per heavy atom. The lowest BCUT2D eigenvalue weighted by molar-refractivity contribution is 0.659. The maximum Gasteiger partial charge on any atom is 0.254 e. The molecule has 74 valence electrons. The highest BCUT2D eigenvalue weighted by Crippen LogP contribution is 2.40. The molecule has 3 N–H and O–H groups in total. The first-order valence-electron chi connectivity index (χ1n) is 5.10. The van der Waals surface area contributed by atoms with Gasteiger partial charge in [-0.1, -0.05) is 0 Å². The van der Waals surface area contributed by atoms with E-state index >= 15 is 0 Å². The molecule has 0 aliphatic heterocycles. The molecule has 1 fully saturated rings. The SMILES string of the molecule is NC1(c2nc3c(c(=O)[nH]2)CCC3)CC1. The molecule has 1 saturated carbocycles. The van der Waals surface area contributed by atoms with Crippen LogP contribution >= 0.6 is 0 Å². The standard InChI is InChI=1S/C10H13N3O/c11-10(4-5-10)9-12-7-3-1-2-6(7)8(14)13-9/h1-5,11H2,(H,12,13,14). The number of aromatic amines is 1. The predicted molar refractivity (Wildman–Crippen MR) is 52.0 cm³/mol. The fourth-order valence-corrected chi connectivity index (χ4v) is 2.05. The molecule has 0 saturated heterocycles. The summed E-state index contributed by atoms with van der Waals surface area (Å²) in [6.07, 6.45) is 4.73. The van der Waals surface area contributed by atoms with Crippen LogP contribution in [0.25, 0.3) is 0 Å². The summed E-state index contributed by atoms with van der Waals surface area (Å²) in [4.78, 5) is 18.9. The van der Waals surface area contributed by atoms with Crippen molar-refractivity contribution in [2.45, 2.75) is 37.6 Å². The van der Waals surface area contributed by atoms with Crippen LogP contribution in [0.3, 0.4) is 0 Å². The van der Waals surface area contributed by atoms with Gasteiger partial charge in [0, 0.05) is 5.56 Å². The van der Waals surface area contributed by atoms with Crippen LogP contribution in [0, 0.1) is 0 Å². The molecule has 0 bridgehead atoms. The van der Waals surface area contributed by atoms with E-state index in [0.29, 0.717) is 5.82 Å². The molecular formula is C10H13N3O. The maximum absolute atomic E-state index is 11.7. The monoisotopic (exact) mass is 191 g/mol. The molecular weight excluding hydrogens is 178 g/mol. The van der Waals surface area contributed by atoms with Crippen LogP contribution < -0.4 is 11.3 Å². The largest absolute Gasteiger partial charge is 0.319 e. The fraction of sp³-hybridized carbons (Fsp3) is 0.600. The summed E-state index contributed by atoms with van der Waals surface area (Å²) >= 11 is 0. The third-order valence-electron chi connectivity index (χ3n) is 3.20. The molecule has 0 aromatic carbocycles. The molecule has 1 aromatic rings. The lowest BCUT2D eigenvalue weighted by Gasteiger charge is -2.08. The smallest absolute Gasteiger partial charge is 0.254 e. The Morgan fingerprint density at radius 2 is 2.14 bits per heavy atom. The molecule has 0 atom stereocenters. The van der Waals surface area contributed by atoms with Gasteiger partial charge >= 0.3 is 0 Å². The van der Waals surface area contributed by atoms with E-state index in [4.69, 9.17) is 5.73 Å². The van der Waals surface area contributed by atoms with Gasteiger partial charge in [-0.05, 0) is 32.1 Å². The molecule has 14 heavy (non-hydrogen) atoms. The van der Waals surface area contributed by atoms with Crippen LogP contribution in [0.1, 0.15) is 36.3 Å². The second-order valence-electron chi connectivity index (χ2n) is 4.35. The minimum absolute atomic E-state index is 0.0271. The molecule has 0 unspecified atom stereocenters. The molecule has 0 spiro atoms. The zero-order valence-electron chi connectivity index (χ0n) is 7.97. The highest BCUT2D eigenvalue weighted by atomic mass is 16.1. The Bertz CT molecular complexity index is 445. The molecule has 2 aliphatic rings. The number of rotatable bonds is 1. The molecule has 3 rings (SSSR count). The third kappa shape index (κ3) is 1.04.